The van der Waals surface area contributed by atoms with Crippen molar-refractivity contribution in [3.05, 3.63) is 63.6 Å². The normalized spacial score (nSPS) is 12.2. The number of para-hydroxylation sites is 1. The van der Waals surface area contributed by atoms with Crippen LogP contribution in [0.25, 0.3) is 0 Å². The van der Waals surface area contributed by atoms with Crippen molar-refractivity contribution in [2.75, 3.05) is 6.54 Å². The molecule has 0 fully saturated rings. The van der Waals surface area contributed by atoms with Crippen LogP contribution in [0.5, 0.6) is 5.75 Å². The molecule has 0 aromatic heterocycles. The van der Waals surface area contributed by atoms with Gasteiger partial charge in [-0.1, -0.05) is 47.5 Å². The van der Waals surface area contributed by atoms with Gasteiger partial charge in [-0.2, -0.15) is 0 Å². The van der Waals surface area contributed by atoms with E-state index in [1.165, 1.54) is 0 Å². The van der Waals surface area contributed by atoms with E-state index in [0.717, 1.165) is 16.9 Å². The van der Waals surface area contributed by atoms with Gasteiger partial charge in [-0.05, 0) is 25.1 Å². The molecule has 0 heterocycles. The van der Waals surface area contributed by atoms with Crippen LogP contribution < -0.4 is 10.1 Å². The van der Waals surface area contributed by atoms with Crippen molar-refractivity contribution < 1.29 is 9.84 Å². The average Bonchev–Trinajstić information content (AvgIpc) is 2.47. The van der Waals surface area contributed by atoms with Gasteiger partial charge in [0.15, 0.2) is 0 Å². The smallest absolute Gasteiger partial charge is 0.124 e. The fraction of sp³-hybridized carbons (Fsp3) is 0.294. The van der Waals surface area contributed by atoms with Crippen LogP contribution in [-0.4, -0.2) is 17.8 Å². The van der Waals surface area contributed by atoms with E-state index >= 15 is 0 Å². The van der Waals surface area contributed by atoms with Crippen LogP contribution in [0.4, 0.5) is 0 Å². The standard InChI is InChI=1S/C17H19Cl2NO2/c1-12(21)9-20-10-13-4-2-3-5-17(13)22-11-14-6-7-15(18)8-16(14)19/h2-8,12,20-21H,9-11H2,1H3/t12-/m0/s1. The summed E-state index contributed by atoms with van der Waals surface area (Å²) in [6.07, 6.45) is -0.374. The number of nitrogens with one attached hydrogen (secondary N) is 1. The highest BCUT2D eigenvalue weighted by Crippen LogP contribution is 2.24. The lowest BCUT2D eigenvalue weighted by Crippen LogP contribution is -2.24. The van der Waals surface area contributed by atoms with Crippen molar-refractivity contribution in [3.63, 3.8) is 0 Å². The summed E-state index contributed by atoms with van der Waals surface area (Å²) >= 11 is 12.0. The molecule has 0 aliphatic rings. The van der Waals surface area contributed by atoms with Crippen LogP contribution in [0.1, 0.15) is 18.1 Å². The summed E-state index contributed by atoms with van der Waals surface area (Å²) in [4.78, 5) is 0. The number of rotatable bonds is 7. The number of hydrogen-bond donors (Lipinski definition) is 2. The molecule has 0 bridgehead atoms. The van der Waals surface area contributed by atoms with Gasteiger partial charge in [-0.15, -0.1) is 0 Å². The molecule has 0 radical (unpaired) electrons. The number of benzene rings is 2. The molecule has 3 nitrogen and oxygen atoms in total. The SMILES string of the molecule is C[C@H](O)CNCc1ccccc1OCc1ccc(Cl)cc1Cl. The van der Waals surface area contributed by atoms with Gasteiger partial charge in [0.05, 0.1) is 6.10 Å². The molecular formula is C17H19Cl2NO2. The predicted molar refractivity (Wildman–Crippen MR) is 90.6 cm³/mol. The van der Waals surface area contributed by atoms with Gasteiger partial charge in [0.25, 0.3) is 0 Å². The van der Waals surface area contributed by atoms with Gasteiger partial charge in [0.2, 0.25) is 0 Å². The third-order valence-electron chi connectivity index (χ3n) is 3.13. The molecule has 1 atom stereocenters. The number of aliphatic hydroxyl groups is 1. The first-order valence-corrected chi connectivity index (χ1v) is 7.85. The summed E-state index contributed by atoms with van der Waals surface area (Å²) in [7, 11) is 0. The maximum atomic E-state index is 9.29. The molecule has 0 aliphatic heterocycles. The molecule has 0 saturated carbocycles. The fourth-order valence-corrected chi connectivity index (χ4v) is 2.46. The second kappa shape index (κ2) is 8.39. The van der Waals surface area contributed by atoms with E-state index in [1.54, 1.807) is 19.1 Å². The number of aliphatic hydroxyl groups excluding tert-OH is 1. The fourth-order valence-electron chi connectivity index (χ4n) is 2.00. The Bertz CT molecular complexity index is 617. The van der Waals surface area contributed by atoms with Crippen LogP contribution in [0.15, 0.2) is 42.5 Å². The third kappa shape index (κ3) is 5.18. The van der Waals surface area contributed by atoms with E-state index in [-0.39, 0.29) is 6.10 Å². The van der Waals surface area contributed by atoms with E-state index in [2.05, 4.69) is 5.32 Å². The Labute approximate surface area is 140 Å². The quantitative estimate of drug-likeness (QED) is 0.799. The van der Waals surface area contributed by atoms with E-state index < -0.39 is 0 Å². The molecule has 5 heteroatoms. The topological polar surface area (TPSA) is 41.5 Å². The highest BCUT2D eigenvalue weighted by molar-refractivity contribution is 6.35. The summed E-state index contributed by atoms with van der Waals surface area (Å²) in [6.45, 7) is 3.30. The van der Waals surface area contributed by atoms with Gasteiger partial charge in [0.1, 0.15) is 12.4 Å². The van der Waals surface area contributed by atoms with Gasteiger partial charge in [-0.25, -0.2) is 0 Å². The van der Waals surface area contributed by atoms with Crippen LogP contribution in [0.3, 0.4) is 0 Å². The molecule has 0 unspecified atom stereocenters. The van der Waals surface area contributed by atoms with E-state index in [4.69, 9.17) is 27.9 Å². The summed E-state index contributed by atoms with van der Waals surface area (Å²) < 4.78 is 5.87. The Hall–Kier alpha value is -1.26. The molecule has 2 aromatic carbocycles. The molecule has 0 aliphatic carbocycles. The first-order chi connectivity index (χ1) is 10.6. The second-order valence-corrected chi connectivity index (χ2v) is 5.96. The molecule has 118 valence electrons. The van der Waals surface area contributed by atoms with Crippen molar-refractivity contribution in [1.29, 1.82) is 0 Å². The Morgan fingerprint density at radius 1 is 1.14 bits per heavy atom. The Balaban J connectivity index is 2.00. The minimum atomic E-state index is -0.374. The molecule has 2 aromatic rings. The molecule has 2 N–H and O–H groups in total. The molecule has 0 amide bonds. The van der Waals surface area contributed by atoms with E-state index in [1.807, 2.05) is 30.3 Å². The lowest BCUT2D eigenvalue weighted by molar-refractivity contribution is 0.190. The largest absolute Gasteiger partial charge is 0.489 e. The van der Waals surface area contributed by atoms with Gasteiger partial charge in [0, 0.05) is 34.3 Å². The van der Waals surface area contributed by atoms with Crippen LogP contribution in [0.2, 0.25) is 10.0 Å². The minimum Gasteiger partial charge on any atom is -0.489 e. The lowest BCUT2D eigenvalue weighted by Gasteiger charge is -2.13. The summed E-state index contributed by atoms with van der Waals surface area (Å²) in [5.41, 5.74) is 1.92. The van der Waals surface area contributed by atoms with Crippen LogP contribution in [-0.2, 0) is 13.2 Å². The molecule has 0 spiro atoms. The summed E-state index contributed by atoms with van der Waals surface area (Å²) in [5.74, 6) is 0.798. The predicted octanol–water partition coefficient (Wildman–Crippen LogP) is 4.04. The molecule has 2 rings (SSSR count). The highest BCUT2D eigenvalue weighted by atomic mass is 35.5. The average molecular weight is 340 g/mol. The Kier molecular flexibility index (Phi) is 6.52. The number of halogens is 2. The zero-order chi connectivity index (χ0) is 15.9. The van der Waals surface area contributed by atoms with Crippen molar-refractivity contribution in [1.82, 2.24) is 5.32 Å². The minimum absolute atomic E-state index is 0.374. The van der Waals surface area contributed by atoms with Gasteiger partial charge in [-0.3, -0.25) is 0 Å². The lowest BCUT2D eigenvalue weighted by atomic mass is 10.2. The Morgan fingerprint density at radius 2 is 1.91 bits per heavy atom. The summed E-state index contributed by atoms with van der Waals surface area (Å²) in [6, 6.07) is 13.2. The zero-order valence-corrected chi connectivity index (χ0v) is 13.9. The first-order valence-electron chi connectivity index (χ1n) is 7.09. The molecular weight excluding hydrogens is 321 g/mol. The maximum absolute atomic E-state index is 9.29. The number of hydrogen-bond acceptors (Lipinski definition) is 3. The van der Waals surface area contributed by atoms with Gasteiger partial charge < -0.3 is 15.2 Å². The van der Waals surface area contributed by atoms with Crippen molar-refractivity contribution in [2.45, 2.75) is 26.2 Å². The monoisotopic (exact) mass is 339 g/mol. The van der Waals surface area contributed by atoms with Crippen LogP contribution >= 0.6 is 23.2 Å². The van der Waals surface area contributed by atoms with Crippen molar-refractivity contribution in [2.24, 2.45) is 0 Å². The third-order valence-corrected chi connectivity index (χ3v) is 3.71. The van der Waals surface area contributed by atoms with Crippen LogP contribution in [0, 0.1) is 0 Å². The first kappa shape index (κ1) is 17.1. The zero-order valence-electron chi connectivity index (χ0n) is 12.4. The van der Waals surface area contributed by atoms with E-state index in [0.29, 0.717) is 29.7 Å². The molecule has 22 heavy (non-hydrogen) atoms. The molecule has 0 saturated heterocycles. The second-order valence-electron chi connectivity index (χ2n) is 5.11. The summed E-state index contributed by atoms with van der Waals surface area (Å²) in [5, 5.41) is 13.7. The van der Waals surface area contributed by atoms with Crippen molar-refractivity contribution in [3.8, 4) is 5.75 Å². The Morgan fingerprint density at radius 3 is 2.64 bits per heavy atom. The van der Waals surface area contributed by atoms with Gasteiger partial charge >= 0.3 is 0 Å². The maximum Gasteiger partial charge on any atom is 0.124 e. The highest BCUT2D eigenvalue weighted by Gasteiger charge is 2.06. The van der Waals surface area contributed by atoms with Crippen molar-refractivity contribution >= 4 is 23.2 Å². The van der Waals surface area contributed by atoms with E-state index in [9.17, 15) is 5.11 Å². The number of ether oxygens (including phenoxy) is 1.